The van der Waals surface area contributed by atoms with Crippen LogP contribution in [0.1, 0.15) is 51.9 Å². The molecule has 104 valence electrons. The summed E-state index contributed by atoms with van der Waals surface area (Å²) in [7, 11) is 0. The number of nitrogens with two attached hydrogens (primary N) is 1. The van der Waals surface area contributed by atoms with Gasteiger partial charge in [-0.15, -0.1) is 0 Å². The molecule has 0 amide bonds. The zero-order chi connectivity index (χ0) is 12.6. The number of piperidine rings is 1. The highest BCUT2D eigenvalue weighted by Crippen LogP contribution is 2.42. The molecule has 3 heteroatoms. The van der Waals surface area contributed by atoms with Crippen LogP contribution in [0.15, 0.2) is 0 Å². The first-order chi connectivity index (χ1) is 8.78. The minimum absolute atomic E-state index is 0.140. The molecule has 2 heterocycles. The van der Waals surface area contributed by atoms with Crippen LogP contribution < -0.4 is 5.73 Å². The highest BCUT2D eigenvalue weighted by Gasteiger charge is 2.50. The van der Waals surface area contributed by atoms with Gasteiger partial charge in [0.25, 0.3) is 0 Å². The fourth-order valence-electron chi connectivity index (χ4n) is 4.71. The molecule has 0 spiro atoms. The van der Waals surface area contributed by atoms with Crippen molar-refractivity contribution in [3.05, 3.63) is 0 Å². The van der Waals surface area contributed by atoms with Gasteiger partial charge < -0.3 is 10.5 Å². The summed E-state index contributed by atoms with van der Waals surface area (Å²) in [5, 5.41) is 0. The number of ether oxygens (including phenoxy) is 1. The van der Waals surface area contributed by atoms with E-state index in [9.17, 15) is 0 Å². The van der Waals surface area contributed by atoms with Crippen molar-refractivity contribution in [2.75, 3.05) is 19.7 Å². The van der Waals surface area contributed by atoms with Crippen molar-refractivity contribution in [3.8, 4) is 0 Å². The van der Waals surface area contributed by atoms with E-state index in [0.717, 1.165) is 31.5 Å². The molecule has 2 aliphatic heterocycles. The molecule has 0 radical (unpaired) electrons. The van der Waals surface area contributed by atoms with Crippen LogP contribution in [-0.4, -0.2) is 42.3 Å². The SMILES string of the molecule is CC1OCCC1(CN)N1CCCC2CCCCC21. The third-order valence-electron chi connectivity index (χ3n) is 5.83. The lowest BCUT2D eigenvalue weighted by Gasteiger charge is -2.53. The van der Waals surface area contributed by atoms with Crippen LogP contribution in [0, 0.1) is 5.92 Å². The molecule has 3 fully saturated rings. The van der Waals surface area contributed by atoms with E-state index >= 15 is 0 Å². The molecule has 18 heavy (non-hydrogen) atoms. The van der Waals surface area contributed by atoms with Gasteiger partial charge in [0.05, 0.1) is 11.6 Å². The summed E-state index contributed by atoms with van der Waals surface area (Å²) >= 11 is 0. The van der Waals surface area contributed by atoms with E-state index in [-0.39, 0.29) is 5.54 Å². The molecule has 3 nitrogen and oxygen atoms in total. The first-order valence-corrected chi connectivity index (χ1v) is 7.86. The highest BCUT2D eigenvalue weighted by atomic mass is 16.5. The topological polar surface area (TPSA) is 38.5 Å². The lowest BCUT2D eigenvalue weighted by atomic mass is 9.74. The standard InChI is InChI=1S/C15H28N2O/c1-12-15(11-16,8-10-18-12)17-9-4-6-13-5-2-3-7-14(13)17/h12-14H,2-11,16H2,1H3. The molecular weight excluding hydrogens is 224 g/mol. The van der Waals surface area contributed by atoms with E-state index in [1.807, 2.05) is 0 Å². The number of fused-ring (bicyclic) bond motifs is 1. The van der Waals surface area contributed by atoms with E-state index in [1.165, 1.54) is 45.1 Å². The predicted octanol–water partition coefficient (Wildman–Crippen LogP) is 2.15. The third kappa shape index (κ3) is 1.91. The van der Waals surface area contributed by atoms with Crippen LogP contribution in [0.3, 0.4) is 0 Å². The molecule has 3 aliphatic rings. The fraction of sp³-hybridized carbons (Fsp3) is 1.00. The number of rotatable bonds is 2. The Kier molecular flexibility index (Phi) is 3.65. The summed E-state index contributed by atoms with van der Waals surface area (Å²) in [6.07, 6.45) is 9.92. The van der Waals surface area contributed by atoms with Crippen molar-refractivity contribution < 1.29 is 4.74 Å². The first-order valence-electron chi connectivity index (χ1n) is 7.86. The van der Waals surface area contributed by atoms with Gasteiger partial charge >= 0.3 is 0 Å². The Morgan fingerprint density at radius 3 is 2.72 bits per heavy atom. The molecule has 1 saturated carbocycles. The van der Waals surface area contributed by atoms with E-state index in [4.69, 9.17) is 10.5 Å². The van der Waals surface area contributed by atoms with Gasteiger partial charge in [0.15, 0.2) is 0 Å². The number of hydrogen-bond acceptors (Lipinski definition) is 3. The molecule has 0 aromatic heterocycles. The Bertz CT molecular complexity index is 294. The van der Waals surface area contributed by atoms with E-state index in [0.29, 0.717) is 6.10 Å². The fourth-order valence-corrected chi connectivity index (χ4v) is 4.71. The Balaban J connectivity index is 1.84. The maximum Gasteiger partial charge on any atom is 0.0743 e. The van der Waals surface area contributed by atoms with Gasteiger partial charge in [-0.05, 0) is 51.5 Å². The van der Waals surface area contributed by atoms with E-state index < -0.39 is 0 Å². The molecule has 2 saturated heterocycles. The molecule has 0 aromatic carbocycles. The quantitative estimate of drug-likeness (QED) is 0.818. The van der Waals surface area contributed by atoms with Gasteiger partial charge in [0.2, 0.25) is 0 Å². The van der Waals surface area contributed by atoms with Crippen molar-refractivity contribution >= 4 is 0 Å². The van der Waals surface area contributed by atoms with Gasteiger partial charge in [0, 0.05) is 19.2 Å². The minimum atomic E-state index is 0.140. The molecule has 0 bridgehead atoms. The molecule has 2 N–H and O–H groups in total. The number of likely N-dealkylation sites (tertiary alicyclic amines) is 1. The molecule has 0 aromatic rings. The Morgan fingerprint density at radius 2 is 2.00 bits per heavy atom. The average molecular weight is 252 g/mol. The molecule has 1 aliphatic carbocycles. The van der Waals surface area contributed by atoms with Gasteiger partial charge in [-0.1, -0.05) is 12.8 Å². The maximum atomic E-state index is 6.19. The van der Waals surface area contributed by atoms with Crippen molar-refractivity contribution in [3.63, 3.8) is 0 Å². The second-order valence-electron chi connectivity index (χ2n) is 6.52. The zero-order valence-electron chi connectivity index (χ0n) is 11.7. The molecular formula is C15H28N2O. The second-order valence-corrected chi connectivity index (χ2v) is 6.52. The van der Waals surface area contributed by atoms with Crippen molar-refractivity contribution in [2.24, 2.45) is 11.7 Å². The van der Waals surface area contributed by atoms with Crippen LogP contribution in [0.4, 0.5) is 0 Å². The van der Waals surface area contributed by atoms with E-state index in [1.54, 1.807) is 0 Å². The largest absolute Gasteiger partial charge is 0.376 e. The Labute approximate surface area is 111 Å². The van der Waals surface area contributed by atoms with Gasteiger partial charge in [0.1, 0.15) is 0 Å². The van der Waals surface area contributed by atoms with Gasteiger partial charge in [-0.2, -0.15) is 0 Å². The van der Waals surface area contributed by atoms with E-state index in [2.05, 4.69) is 11.8 Å². The summed E-state index contributed by atoms with van der Waals surface area (Å²) in [4.78, 5) is 2.78. The number of hydrogen-bond donors (Lipinski definition) is 1. The average Bonchev–Trinajstić information content (AvgIpc) is 2.80. The number of nitrogens with zero attached hydrogens (tertiary/aromatic N) is 1. The zero-order valence-corrected chi connectivity index (χ0v) is 11.7. The van der Waals surface area contributed by atoms with Crippen molar-refractivity contribution in [1.82, 2.24) is 4.90 Å². The molecule has 3 rings (SSSR count). The minimum Gasteiger partial charge on any atom is -0.376 e. The monoisotopic (exact) mass is 252 g/mol. The molecule has 4 unspecified atom stereocenters. The summed E-state index contributed by atoms with van der Waals surface area (Å²) in [5.74, 6) is 0.934. The highest BCUT2D eigenvalue weighted by molar-refractivity contribution is 5.05. The lowest BCUT2D eigenvalue weighted by Crippen LogP contribution is -2.64. The lowest BCUT2D eigenvalue weighted by molar-refractivity contribution is -0.0560. The van der Waals surface area contributed by atoms with Gasteiger partial charge in [-0.25, -0.2) is 0 Å². The van der Waals surface area contributed by atoms with Crippen LogP contribution in [0.2, 0.25) is 0 Å². The summed E-state index contributed by atoms with van der Waals surface area (Å²) in [6.45, 7) is 5.13. The maximum absolute atomic E-state index is 6.19. The first kappa shape index (κ1) is 12.9. The van der Waals surface area contributed by atoms with Crippen molar-refractivity contribution in [2.45, 2.75) is 69.6 Å². The smallest absolute Gasteiger partial charge is 0.0743 e. The summed E-state index contributed by atoms with van der Waals surface area (Å²) < 4.78 is 5.87. The molecule has 4 atom stereocenters. The van der Waals surface area contributed by atoms with Crippen LogP contribution >= 0.6 is 0 Å². The van der Waals surface area contributed by atoms with Crippen LogP contribution in [0.5, 0.6) is 0 Å². The van der Waals surface area contributed by atoms with Crippen molar-refractivity contribution in [1.29, 1.82) is 0 Å². The van der Waals surface area contributed by atoms with Crippen LogP contribution in [-0.2, 0) is 4.74 Å². The second kappa shape index (κ2) is 5.10. The summed E-state index contributed by atoms with van der Waals surface area (Å²) in [6, 6.07) is 0.792. The Hall–Kier alpha value is -0.120. The third-order valence-corrected chi connectivity index (χ3v) is 5.83. The summed E-state index contributed by atoms with van der Waals surface area (Å²) in [5.41, 5.74) is 6.33. The predicted molar refractivity (Wildman–Crippen MR) is 73.5 cm³/mol. The van der Waals surface area contributed by atoms with Gasteiger partial charge in [-0.3, -0.25) is 4.90 Å². The van der Waals surface area contributed by atoms with Crippen LogP contribution in [0.25, 0.3) is 0 Å². The normalized spacial score (nSPS) is 46.0. The Morgan fingerprint density at radius 1 is 1.22 bits per heavy atom.